The van der Waals surface area contributed by atoms with E-state index < -0.39 is 12.0 Å². The molecule has 0 aliphatic heterocycles. The number of hydrogen-bond donors (Lipinski definition) is 1. The number of nitrogens with two attached hydrogens (primary N) is 1. The average Bonchev–Trinajstić information content (AvgIpc) is 2.31. The number of benzene rings is 1. The van der Waals surface area contributed by atoms with Crippen molar-refractivity contribution in [3.05, 3.63) is 23.8 Å². The van der Waals surface area contributed by atoms with Crippen LogP contribution in [0.5, 0.6) is 11.5 Å². The Morgan fingerprint density at radius 2 is 2.24 bits per heavy atom. The van der Waals surface area contributed by atoms with Crippen LogP contribution in [-0.2, 0) is 4.79 Å². The summed E-state index contributed by atoms with van der Waals surface area (Å²) < 4.78 is 10.7. The van der Waals surface area contributed by atoms with Gasteiger partial charge in [-0.05, 0) is 26.0 Å². The molecule has 5 heteroatoms. The minimum absolute atomic E-state index is 0.400. The molecule has 0 bridgehead atoms. The molecule has 1 atom stereocenters. The number of carbonyl (C=O) groups is 1. The lowest BCUT2D eigenvalue weighted by Gasteiger charge is -2.15. The lowest BCUT2D eigenvalue weighted by atomic mass is 10.2. The van der Waals surface area contributed by atoms with Crippen LogP contribution in [-0.4, -0.2) is 18.6 Å². The minimum atomic E-state index is -0.748. The number of primary amides is 1. The number of rotatable bonds is 5. The van der Waals surface area contributed by atoms with E-state index >= 15 is 0 Å². The average molecular weight is 234 g/mol. The van der Waals surface area contributed by atoms with E-state index in [-0.39, 0.29) is 0 Å². The molecule has 5 nitrogen and oxygen atoms in total. The van der Waals surface area contributed by atoms with Gasteiger partial charge in [-0.3, -0.25) is 4.79 Å². The van der Waals surface area contributed by atoms with Crippen LogP contribution in [0, 0.1) is 11.3 Å². The topological polar surface area (TPSA) is 85.3 Å². The van der Waals surface area contributed by atoms with Crippen LogP contribution in [0.2, 0.25) is 0 Å². The number of amides is 1. The molecule has 90 valence electrons. The molecule has 0 saturated carbocycles. The second-order valence-electron chi connectivity index (χ2n) is 3.37. The molecule has 0 saturated heterocycles. The predicted molar refractivity (Wildman–Crippen MR) is 61.6 cm³/mol. The summed E-state index contributed by atoms with van der Waals surface area (Å²) in [4.78, 5) is 10.9. The summed E-state index contributed by atoms with van der Waals surface area (Å²) in [5.74, 6) is 0.272. The maximum Gasteiger partial charge on any atom is 0.258 e. The van der Waals surface area contributed by atoms with Gasteiger partial charge >= 0.3 is 0 Å². The smallest absolute Gasteiger partial charge is 0.258 e. The molecule has 1 aromatic rings. The molecular formula is C12H14N2O3. The van der Waals surface area contributed by atoms with Crippen molar-refractivity contribution in [2.24, 2.45) is 5.73 Å². The van der Waals surface area contributed by atoms with Gasteiger partial charge in [0.25, 0.3) is 5.91 Å². The van der Waals surface area contributed by atoms with Crippen molar-refractivity contribution >= 4 is 5.91 Å². The van der Waals surface area contributed by atoms with Gasteiger partial charge in [0.05, 0.1) is 18.2 Å². The van der Waals surface area contributed by atoms with Crippen LogP contribution in [0.25, 0.3) is 0 Å². The van der Waals surface area contributed by atoms with Crippen molar-refractivity contribution < 1.29 is 14.3 Å². The van der Waals surface area contributed by atoms with Crippen molar-refractivity contribution in [3.8, 4) is 17.6 Å². The summed E-state index contributed by atoms with van der Waals surface area (Å²) in [5, 5.41) is 8.77. The molecule has 0 spiro atoms. The van der Waals surface area contributed by atoms with E-state index in [1.807, 2.05) is 13.0 Å². The van der Waals surface area contributed by atoms with Crippen LogP contribution < -0.4 is 15.2 Å². The molecule has 0 radical (unpaired) electrons. The zero-order valence-electron chi connectivity index (χ0n) is 9.77. The third kappa shape index (κ3) is 3.38. The molecule has 1 aromatic carbocycles. The third-order valence-corrected chi connectivity index (χ3v) is 2.08. The SMILES string of the molecule is CCOc1cc(C#N)ccc1O[C@@H](C)C(N)=O. The Hall–Kier alpha value is -2.22. The summed E-state index contributed by atoms with van der Waals surface area (Å²) in [6.07, 6.45) is -0.748. The monoisotopic (exact) mass is 234 g/mol. The fourth-order valence-electron chi connectivity index (χ4n) is 1.19. The zero-order valence-corrected chi connectivity index (χ0v) is 9.77. The highest BCUT2D eigenvalue weighted by atomic mass is 16.5. The molecule has 2 N–H and O–H groups in total. The molecular weight excluding hydrogens is 220 g/mol. The highest BCUT2D eigenvalue weighted by Gasteiger charge is 2.14. The fourth-order valence-corrected chi connectivity index (χ4v) is 1.19. The van der Waals surface area contributed by atoms with Crippen molar-refractivity contribution in [3.63, 3.8) is 0 Å². The standard InChI is InChI=1S/C12H14N2O3/c1-3-16-11-6-9(7-13)4-5-10(11)17-8(2)12(14)15/h4-6,8H,3H2,1-2H3,(H2,14,15)/t8-/m0/s1. The summed E-state index contributed by atoms with van der Waals surface area (Å²) in [6.45, 7) is 3.81. The molecule has 1 amide bonds. The Morgan fingerprint density at radius 1 is 1.53 bits per heavy atom. The molecule has 0 aliphatic carbocycles. The molecule has 17 heavy (non-hydrogen) atoms. The first-order valence-electron chi connectivity index (χ1n) is 5.21. The Morgan fingerprint density at radius 3 is 2.76 bits per heavy atom. The van der Waals surface area contributed by atoms with Gasteiger partial charge in [0.1, 0.15) is 0 Å². The molecule has 0 fully saturated rings. The summed E-state index contributed by atoms with van der Waals surface area (Å²) in [6, 6.07) is 6.74. The lowest BCUT2D eigenvalue weighted by Crippen LogP contribution is -2.30. The van der Waals surface area contributed by atoms with E-state index in [9.17, 15) is 4.79 Å². The first kappa shape index (κ1) is 12.8. The van der Waals surface area contributed by atoms with E-state index in [0.29, 0.717) is 23.7 Å². The number of nitriles is 1. The fraction of sp³-hybridized carbons (Fsp3) is 0.333. The van der Waals surface area contributed by atoms with Gasteiger partial charge < -0.3 is 15.2 Å². The molecule has 0 aromatic heterocycles. The highest BCUT2D eigenvalue weighted by molar-refractivity contribution is 5.78. The van der Waals surface area contributed by atoms with Gasteiger partial charge in [-0.15, -0.1) is 0 Å². The number of nitrogens with zero attached hydrogens (tertiary/aromatic N) is 1. The summed E-state index contributed by atoms with van der Waals surface area (Å²) >= 11 is 0. The Kier molecular flexibility index (Phi) is 4.35. The highest BCUT2D eigenvalue weighted by Crippen LogP contribution is 2.29. The second kappa shape index (κ2) is 5.75. The maximum atomic E-state index is 10.9. The van der Waals surface area contributed by atoms with Gasteiger partial charge in [-0.2, -0.15) is 5.26 Å². The molecule has 0 aliphatic rings. The third-order valence-electron chi connectivity index (χ3n) is 2.08. The Labute approximate surface area is 99.7 Å². The normalized spacial score (nSPS) is 11.4. The Bertz CT molecular complexity index is 452. The quantitative estimate of drug-likeness (QED) is 0.829. The van der Waals surface area contributed by atoms with Crippen molar-refractivity contribution in [2.45, 2.75) is 20.0 Å². The van der Waals surface area contributed by atoms with E-state index in [1.165, 1.54) is 0 Å². The van der Waals surface area contributed by atoms with Crippen molar-refractivity contribution in [1.29, 1.82) is 5.26 Å². The molecule has 0 heterocycles. The lowest BCUT2D eigenvalue weighted by molar-refractivity contribution is -0.124. The minimum Gasteiger partial charge on any atom is -0.490 e. The first-order valence-corrected chi connectivity index (χ1v) is 5.21. The molecule has 1 rings (SSSR count). The van der Waals surface area contributed by atoms with Gasteiger partial charge in [0.15, 0.2) is 17.6 Å². The van der Waals surface area contributed by atoms with Crippen LogP contribution >= 0.6 is 0 Å². The van der Waals surface area contributed by atoms with E-state index in [0.717, 1.165) is 0 Å². The Balaban J connectivity index is 2.98. The number of ether oxygens (including phenoxy) is 2. The van der Waals surface area contributed by atoms with E-state index in [2.05, 4.69) is 0 Å². The largest absolute Gasteiger partial charge is 0.490 e. The van der Waals surface area contributed by atoms with Gasteiger partial charge in [-0.1, -0.05) is 0 Å². The van der Waals surface area contributed by atoms with E-state index in [4.69, 9.17) is 20.5 Å². The predicted octanol–water partition coefficient (Wildman–Crippen LogP) is 1.21. The van der Waals surface area contributed by atoms with Crippen molar-refractivity contribution in [1.82, 2.24) is 0 Å². The molecule has 0 unspecified atom stereocenters. The first-order chi connectivity index (χ1) is 8.08. The van der Waals surface area contributed by atoms with Gasteiger partial charge in [-0.25, -0.2) is 0 Å². The number of carbonyl (C=O) groups excluding carboxylic acids is 1. The summed E-state index contributed by atoms with van der Waals surface area (Å²) in [5.41, 5.74) is 5.57. The van der Waals surface area contributed by atoms with Crippen LogP contribution in [0.3, 0.4) is 0 Å². The number of hydrogen-bond acceptors (Lipinski definition) is 4. The van der Waals surface area contributed by atoms with Crippen LogP contribution in [0.1, 0.15) is 19.4 Å². The summed E-state index contributed by atoms with van der Waals surface area (Å²) in [7, 11) is 0. The van der Waals surface area contributed by atoms with Crippen molar-refractivity contribution in [2.75, 3.05) is 6.61 Å². The van der Waals surface area contributed by atoms with Gasteiger partial charge in [0.2, 0.25) is 0 Å². The van der Waals surface area contributed by atoms with Gasteiger partial charge in [0, 0.05) is 6.07 Å². The van der Waals surface area contributed by atoms with E-state index in [1.54, 1.807) is 25.1 Å². The van der Waals surface area contributed by atoms with Crippen LogP contribution in [0.15, 0.2) is 18.2 Å². The maximum absolute atomic E-state index is 10.9. The zero-order chi connectivity index (χ0) is 12.8. The second-order valence-corrected chi connectivity index (χ2v) is 3.37. The van der Waals surface area contributed by atoms with Crippen LogP contribution in [0.4, 0.5) is 0 Å².